The number of carbonyl (C=O) groups is 2. The monoisotopic (exact) mass is 454 g/mol. The fourth-order valence-electron chi connectivity index (χ4n) is 1.99. The van der Waals surface area contributed by atoms with Gasteiger partial charge in [-0.3, -0.25) is 9.59 Å². The molecule has 0 atom stereocenters. The predicted molar refractivity (Wildman–Crippen MR) is 99.6 cm³/mol. The standard InChI is InChI=1S/C17H18ClF3N2O5S/c1-3-7-23(8-4-2)15(24)11-28-16(25)10-22-29(26,27)14-9-12(17(19,20)21)5-6-13(14)18/h3-6,9,22H,1-2,7-8,10-11H2. The number of halogens is 4. The van der Waals surface area contributed by atoms with Crippen LogP contribution in [0.4, 0.5) is 13.2 Å². The zero-order valence-corrected chi connectivity index (χ0v) is 16.6. The molecule has 7 nitrogen and oxygen atoms in total. The molecule has 0 heterocycles. The van der Waals surface area contributed by atoms with E-state index in [2.05, 4.69) is 17.9 Å². The van der Waals surface area contributed by atoms with Gasteiger partial charge < -0.3 is 9.64 Å². The van der Waals surface area contributed by atoms with Crippen LogP contribution in [-0.2, 0) is 30.5 Å². The molecule has 0 radical (unpaired) electrons. The molecule has 12 heteroatoms. The van der Waals surface area contributed by atoms with Gasteiger partial charge in [0.15, 0.2) is 6.61 Å². The summed E-state index contributed by atoms with van der Waals surface area (Å²) in [6.45, 7) is 5.76. The molecule has 29 heavy (non-hydrogen) atoms. The molecule has 0 aromatic heterocycles. The molecule has 160 valence electrons. The number of nitrogens with zero attached hydrogens (tertiary/aromatic N) is 1. The minimum atomic E-state index is -4.78. The van der Waals surface area contributed by atoms with E-state index in [0.717, 1.165) is 6.07 Å². The molecular weight excluding hydrogens is 437 g/mol. The first kappa shape index (κ1) is 24.7. The van der Waals surface area contributed by atoms with Gasteiger partial charge in [0.25, 0.3) is 5.91 Å². The van der Waals surface area contributed by atoms with Crippen molar-refractivity contribution in [3.63, 3.8) is 0 Å². The Labute approximate surface area is 170 Å². The number of hydrogen-bond donors (Lipinski definition) is 1. The number of esters is 1. The third kappa shape index (κ3) is 7.52. The van der Waals surface area contributed by atoms with Crippen molar-refractivity contribution in [3.05, 3.63) is 54.1 Å². The van der Waals surface area contributed by atoms with E-state index in [9.17, 15) is 31.2 Å². The summed E-state index contributed by atoms with van der Waals surface area (Å²) in [5.74, 6) is -1.68. The van der Waals surface area contributed by atoms with E-state index in [4.69, 9.17) is 11.6 Å². The van der Waals surface area contributed by atoms with E-state index in [1.807, 2.05) is 0 Å². The van der Waals surface area contributed by atoms with E-state index in [0.29, 0.717) is 12.1 Å². The molecule has 1 aromatic rings. The molecule has 0 aliphatic rings. The molecule has 1 aromatic carbocycles. The lowest BCUT2D eigenvalue weighted by molar-refractivity contribution is -0.150. The summed E-state index contributed by atoms with van der Waals surface area (Å²) in [6, 6.07) is 1.76. The molecule has 0 saturated carbocycles. The van der Waals surface area contributed by atoms with Gasteiger partial charge in [-0.05, 0) is 18.2 Å². The van der Waals surface area contributed by atoms with Gasteiger partial charge in [-0.25, -0.2) is 8.42 Å². The summed E-state index contributed by atoms with van der Waals surface area (Å²) < 4.78 is 69.2. The topological polar surface area (TPSA) is 92.8 Å². The summed E-state index contributed by atoms with van der Waals surface area (Å²) in [5, 5.41) is -0.460. The highest BCUT2D eigenvalue weighted by molar-refractivity contribution is 7.89. The number of hydrogen-bond acceptors (Lipinski definition) is 5. The quantitative estimate of drug-likeness (QED) is 0.433. The number of sulfonamides is 1. The number of benzene rings is 1. The zero-order valence-electron chi connectivity index (χ0n) is 15.0. The average molecular weight is 455 g/mol. The average Bonchev–Trinajstić information content (AvgIpc) is 2.63. The van der Waals surface area contributed by atoms with Crippen LogP contribution in [0.2, 0.25) is 5.02 Å². The van der Waals surface area contributed by atoms with Crippen molar-refractivity contribution in [2.24, 2.45) is 0 Å². The largest absolute Gasteiger partial charge is 0.455 e. The number of ether oxygens (including phenoxy) is 1. The van der Waals surface area contributed by atoms with Crippen LogP contribution in [0.3, 0.4) is 0 Å². The lowest BCUT2D eigenvalue weighted by Gasteiger charge is -2.19. The van der Waals surface area contributed by atoms with Crippen molar-refractivity contribution in [2.45, 2.75) is 11.1 Å². The Balaban J connectivity index is 2.75. The fourth-order valence-corrected chi connectivity index (χ4v) is 3.48. The first-order chi connectivity index (χ1) is 13.4. The Morgan fingerprint density at radius 2 is 1.79 bits per heavy atom. The molecule has 0 aliphatic heterocycles. The lowest BCUT2D eigenvalue weighted by Crippen LogP contribution is -2.37. The maximum Gasteiger partial charge on any atom is 0.416 e. The molecule has 1 N–H and O–H groups in total. The number of rotatable bonds is 10. The van der Waals surface area contributed by atoms with Crippen LogP contribution < -0.4 is 4.72 Å². The number of nitrogens with one attached hydrogen (secondary N) is 1. The third-order valence-electron chi connectivity index (χ3n) is 3.36. The Bertz CT molecular complexity index is 878. The first-order valence-electron chi connectivity index (χ1n) is 7.94. The van der Waals surface area contributed by atoms with E-state index in [-0.39, 0.29) is 13.1 Å². The van der Waals surface area contributed by atoms with E-state index >= 15 is 0 Å². The van der Waals surface area contributed by atoms with Crippen LogP contribution in [0, 0.1) is 0 Å². The van der Waals surface area contributed by atoms with Crippen LogP contribution in [0.15, 0.2) is 48.4 Å². The Morgan fingerprint density at radius 1 is 1.21 bits per heavy atom. The molecule has 0 saturated heterocycles. The summed E-state index contributed by atoms with van der Waals surface area (Å²) in [4.78, 5) is 24.0. The van der Waals surface area contributed by atoms with Gasteiger partial charge >= 0.3 is 12.1 Å². The lowest BCUT2D eigenvalue weighted by atomic mass is 10.2. The number of amides is 1. The summed E-state index contributed by atoms with van der Waals surface area (Å²) in [5.41, 5.74) is -1.22. The highest BCUT2D eigenvalue weighted by atomic mass is 35.5. The van der Waals surface area contributed by atoms with Gasteiger partial charge in [-0.15, -0.1) is 13.2 Å². The van der Waals surface area contributed by atoms with Gasteiger partial charge in [0.1, 0.15) is 11.4 Å². The molecule has 0 spiro atoms. The molecular formula is C17H18ClF3N2O5S. The molecule has 0 bridgehead atoms. The van der Waals surface area contributed by atoms with Gasteiger partial charge in [0.05, 0.1) is 10.6 Å². The van der Waals surface area contributed by atoms with Gasteiger partial charge in [-0.2, -0.15) is 17.9 Å². The maximum atomic E-state index is 12.8. The Kier molecular flexibility index (Phi) is 8.86. The number of alkyl halides is 3. The van der Waals surface area contributed by atoms with E-state index < -0.39 is 56.7 Å². The smallest absolute Gasteiger partial charge is 0.416 e. The second-order valence-corrected chi connectivity index (χ2v) is 7.65. The molecule has 1 amide bonds. The minimum absolute atomic E-state index is 0.184. The summed E-state index contributed by atoms with van der Waals surface area (Å²) >= 11 is 5.67. The van der Waals surface area contributed by atoms with Crippen LogP contribution in [0.5, 0.6) is 0 Å². The highest BCUT2D eigenvalue weighted by Crippen LogP contribution is 2.33. The van der Waals surface area contributed by atoms with Gasteiger partial charge in [0.2, 0.25) is 10.0 Å². The van der Waals surface area contributed by atoms with Crippen LogP contribution in [-0.4, -0.2) is 51.4 Å². The van der Waals surface area contributed by atoms with Gasteiger partial charge in [-0.1, -0.05) is 23.8 Å². The Morgan fingerprint density at radius 3 is 2.31 bits per heavy atom. The normalized spacial score (nSPS) is 11.6. The molecule has 0 aliphatic carbocycles. The summed E-state index contributed by atoms with van der Waals surface area (Å²) in [6.07, 6.45) is -1.87. The molecule has 1 rings (SSSR count). The van der Waals surface area contributed by atoms with E-state index in [1.54, 1.807) is 4.72 Å². The minimum Gasteiger partial charge on any atom is -0.455 e. The van der Waals surface area contributed by atoms with Crippen molar-refractivity contribution >= 4 is 33.5 Å². The highest BCUT2D eigenvalue weighted by Gasteiger charge is 2.32. The second-order valence-electron chi connectivity index (χ2n) is 5.50. The van der Waals surface area contributed by atoms with Crippen LogP contribution in [0.1, 0.15) is 5.56 Å². The van der Waals surface area contributed by atoms with Crippen molar-refractivity contribution in [3.8, 4) is 0 Å². The van der Waals surface area contributed by atoms with Crippen molar-refractivity contribution < 1.29 is 35.9 Å². The first-order valence-corrected chi connectivity index (χ1v) is 9.80. The predicted octanol–water partition coefficient (Wildman–Crippen LogP) is 2.38. The fraction of sp³-hybridized carbons (Fsp3) is 0.294. The molecule has 0 fully saturated rings. The van der Waals surface area contributed by atoms with Gasteiger partial charge in [0, 0.05) is 13.1 Å². The number of carbonyl (C=O) groups excluding carboxylic acids is 2. The van der Waals surface area contributed by atoms with Crippen molar-refractivity contribution in [2.75, 3.05) is 26.2 Å². The van der Waals surface area contributed by atoms with Crippen molar-refractivity contribution in [1.29, 1.82) is 0 Å². The van der Waals surface area contributed by atoms with E-state index in [1.165, 1.54) is 17.1 Å². The SMILES string of the molecule is C=CCN(CC=C)C(=O)COC(=O)CNS(=O)(=O)c1cc(C(F)(F)F)ccc1Cl. The van der Waals surface area contributed by atoms with Crippen molar-refractivity contribution in [1.82, 2.24) is 9.62 Å². The van der Waals surface area contributed by atoms with Crippen LogP contribution in [0.25, 0.3) is 0 Å². The maximum absolute atomic E-state index is 12.8. The molecule has 0 unspecified atom stereocenters. The second kappa shape index (κ2) is 10.4. The zero-order chi connectivity index (χ0) is 22.2. The third-order valence-corrected chi connectivity index (χ3v) is 5.25. The Hall–Kier alpha value is -2.37. The van der Waals surface area contributed by atoms with Crippen LogP contribution >= 0.6 is 11.6 Å². The summed E-state index contributed by atoms with van der Waals surface area (Å²) in [7, 11) is -4.55.